The van der Waals surface area contributed by atoms with Crippen molar-refractivity contribution in [2.75, 3.05) is 5.32 Å². The number of amides is 1. The maximum atomic E-state index is 12.6. The molecular weight excluding hydrogens is 360 g/mol. The van der Waals surface area contributed by atoms with Crippen molar-refractivity contribution in [3.05, 3.63) is 87.2 Å². The largest absolute Gasteiger partial charge is 0.322 e. The second kappa shape index (κ2) is 7.51. The molecular formula is C20H16N4O2S. The van der Waals surface area contributed by atoms with Crippen LogP contribution in [-0.2, 0) is 12.8 Å². The standard InChI is InChI=1S/C20H16N4O2S/c25-17-12-15(14-8-4-5-9-16(14)21-17)19(26)22-20-24-23-18(27-20)11-10-13-6-2-1-3-7-13/h1-9,12H,10-11H2,(H,21,25)(H,22,24,26). The van der Waals surface area contributed by atoms with Crippen LogP contribution < -0.4 is 10.9 Å². The molecule has 0 aliphatic carbocycles. The van der Waals surface area contributed by atoms with Crippen LogP contribution in [0.3, 0.4) is 0 Å². The van der Waals surface area contributed by atoms with E-state index in [4.69, 9.17) is 0 Å². The van der Waals surface area contributed by atoms with E-state index in [0.717, 1.165) is 17.8 Å². The molecule has 0 spiro atoms. The monoisotopic (exact) mass is 376 g/mol. The molecule has 1 amide bonds. The van der Waals surface area contributed by atoms with E-state index in [1.807, 2.05) is 30.3 Å². The number of pyridine rings is 1. The molecule has 0 unspecified atom stereocenters. The van der Waals surface area contributed by atoms with Crippen LogP contribution in [0.1, 0.15) is 20.9 Å². The summed E-state index contributed by atoms with van der Waals surface area (Å²) < 4.78 is 0. The van der Waals surface area contributed by atoms with Crippen molar-refractivity contribution >= 4 is 33.3 Å². The Kier molecular flexibility index (Phi) is 4.76. The number of aryl methyl sites for hydroxylation is 2. The lowest BCUT2D eigenvalue weighted by molar-refractivity contribution is 0.102. The van der Waals surface area contributed by atoms with Crippen molar-refractivity contribution in [1.82, 2.24) is 15.2 Å². The summed E-state index contributed by atoms with van der Waals surface area (Å²) >= 11 is 1.34. The van der Waals surface area contributed by atoms with Crippen LogP contribution in [0.4, 0.5) is 5.13 Å². The Hall–Kier alpha value is -3.32. The third-order valence-corrected chi connectivity index (χ3v) is 5.05. The van der Waals surface area contributed by atoms with Gasteiger partial charge >= 0.3 is 0 Å². The van der Waals surface area contributed by atoms with Gasteiger partial charge in [0.1, 0.15) is 5.01 Å². The zero-order chi connectivity index (χ0) is 18.6. The average Bonchev–Trinajstić information content (AvgIpc) is 3.13. The van der Waals surface area contributed by atoms with Gasteiger partial charge in [-0.3, -0.25) is 14.9 Å². The molecule has 0 fully saturated rings. The number of carbonyl (C=O) groups is 1. The molecule has 2 aromatic carbocycles. The number of nitrogens with one attached hydrogen (secondary N) is 2. The lowest BCUT2D eigenvalue weighted by Crippen LogP contribution is -2.16. The molecule has 0 aliphatic heterocycles. The average molecular weight is 376 g/mol. The van der Waals surface area contributed by atoms with E-state index in [1.54, 1.807) is 12.1 Å². The molecule has 0 bridgehead atoms. The summed E-state index contributed by atoms with van der Waals surface area (Å²) in [6.45, 7) is 0. The number of anilines is 1. The molecule has 7 heteroatoms. The number of aromatic amines is 1. The minimum absolute atomic E-state index is 0.315. The van der Waals surface area contributed by atoms with E-state index in [2.05, 4.69) is 32.6 Å². The lowest BCUT2D eigenvalue weighted by atomic mass is 10.1. The topological polar surface area (TPSA) is 87.7 Å². The molecule has 2 aromatic heterocycles. The molecule has 27 heavy (non-hydrogen) atoms. The summed E-state index contributed by atoms with van der Waals surface area (Å²) in [6.07, 6.45) is 1.62. The smallest absolute Gasteiger partial charge is 0.258 e. The Bertz CT molecular complexity index is 1150. The number of nitrogens with zero attached hydrogens (tertiary/aromatic N) is 2. The Labute approximate surface area is 158 Å². The normalized spacial score (nSPS) is 10.8. The first-order valence-corrected chi connectivity index (χ1v) is 9.30. The van der Waals surface area contributed by atoms with Gasteiger partial charge in [-0.2, -0.15) is 0 Å². The van der Waals surface area contributed by atoms with Gasteiger partial charge in [-0.15, -0.1) is 10.2 Å². The molecule has 0 radical (unpaired) electrons. The third kappa shape index (κ3) is 3.93. The number of aromatic nitrogens is 3. The van der Waals surface area contributed by atoms with E-state index in [9.17, 15) is 9.59 Å². The highest BCUT2D eigenvalue weighted by Crippen LogP contribution is 2.20. The van der Waals surface area contributed by atoms with Crippen LogP contribution in [0.5, 0.6) is 0 Å². The van der Waals surface area contributed by atoms with Gasteiger partial charge in [0, 0.05) is 23.4 Å². The summed E-state index contributed by atoms with van der Waals surface area (Å²) in [6, 6.07) is 18.6. The first-order valence-electron chi connectivity index (χ1n) is 8.49. The number of H-pyrrole nitrogens is 1. The van der Waals surface area contributed by atoms with Crippen molar-refractivity contribution < 1.29 is 4.79 Å². The molecule has 6 nitrogen and oxygen atoms in total. The molecule has 4 aromatic rings. The fourth-order valence-electron chi connectivity index (χ4n) is 2.86. The number of para-hydroxylation sites is 1. The van der Waals surface area contributed by atoms with Gasteiger partial charge in [0.15, 0.2) is 0 Å². The number of fused-ring (bicyclic) bond motifs is 1. The molecule has 0 saturated carbocycles. The van der Waals surface area contributed by atoms with Gasteiger partial charge in [-0.1, -0.05) is 59.9 Å². The van der Waals surface area contributed by atoms with Crippen molar-refractivity contribution in [3.8, 4) is 0 Å². The summed E-state index contributed by atoms with van der Waals surface area (Å²) in [5.74, 6) is -0.372. The molecule has 134 valence electrons. The highest BCUT2D eigenvalue weighted by atomic mass is 32.1. The maximum Gasteiger partial charge on any atom is 0.258 e. The van der Waals surface area contributed by atoms with E-state index in [-0.39, 0.29) is 11.5 Å². The van der Waals surface area contributed by atoms with Crippen molar-refractivity contribution in [2.45, 2.75) is 12.8 Å². The molecule has 0 aliphatic rings. The van der Waals surface area contributed by atoms with Gasteiger partial charge in [0.25, 0.3) is 5.91 Å². The number of hydrogen-bond donors (Lipinski definition) is 2. The zero-order valence-corrected chi connectivity index (χ0v) is 15.1. The third-order valence-electron chi connectivity index (χ3n) is 4.15. The van der Waals surface area contributed by atoms with Gasteiger partial charge in [0.2, 0.25) is 10.7 Å². The summed E-state index contributed by atoms with van der Waals surface area (Å²) in [5, 5.41) is 12.9. The first kappa shape index (κ1) is 17.1. The van der Waals surface area contributed by atoms with Crippen LogP contribution in [0, 0.1) is 0 Å². The minimum atomic E-state index is -0.372. The fraction of sp³-hybridized carbons (Fsp3) is 0.100. The van der Waals surface area contributed by atoms with Crippen LogP contribution >= 0.6 is 11.3 Å². The number of hydrogen-bond acceptors (Lipinski definition) is 5. The SMILES string of the molecule is O=C(Nc1nnc(CCc2ccccc2)s1)c1cc(=O)[nH]c2ccccc12. The number of benzene rings is 2. The van der Waals surface area contributed by atoms with Crippen molar-refractivity contribution in [2.24, 2.45) is 0 Å². The fourth-order valence-corrected chi connectivity index (χ4v) is 3.59. The lowest BCUT2D eigenvalue weighted by Gasteiger charge is -2.05. The van der Waals surface area contributed by atoms with Gasteiger partial charge in [-0.05, 0) is 18.1 Å². The Morgan fingerprint density at radius 2 is 1.78 bits per heavy atom. The second-order valence-electron chi connectivity index (χ2n) is 6.03. The molecule has 2 N–H and O–H groups in total. The predicted octanol–water partition coefficient (Wildman–Crippen LogP) is 3.42. The summed E-state index contributed by atoms with van der Waals surface area (Å²) in [5.41, 5.74) is 1.85. The Morgan fingerprint density at radius 3 is 2.63 bits per heavy atom. The second-order valence-corrected chi connectivity index (χ2v) is 7.10. The van der Waals surface area contributed by atoms with Gasteiger partial charge in [0.05, 0.1) is 5.56 Å². The Balaban J connectivity index is 1.49. The van der Waals surface area contributed by atoms with Crippen LogP contribution in [0.25, 0.3) is 10.9 Å². The number of rotatable bonds is 5. The molecule has 0 saturated heterocycles. The molecule has 4 rings (SSSR count). The number of carbonyl (C=O) groups excluding carboxylic acids is 1. The van der Waals surface area contributed by atoms with Crippen LogP contribution in [0.2, 0.25) is 0 Å². The summed E-state index contributed by atoms with van der Waals surface area (Å²) in [7, 11) is 0. The molecule has 0 atom stereocenters. The van der Waals surface area contributed by atoms with Crippen molar-refractivity contribution in [3.63, 3.8) is 0 Å². The van der Waals surface area contributed by atoms with E-state index in [0.29, 0.717) is 21.6 Å². The summed E-state index contributed by atoms with van der Waals surface area (Å²) in [4.78, 5) is 27.2. The highest BCUT2D eigenvalue weighted by Gasteiger charge is 2.14. The highest BCUT2D eigenvalue weighted by molar-refractivity contribution is 7.15. The first-order chi connectivity index (χ1) is 13.2. The van der Waals surface area contributed by atoms with Crippen molar-refractivity contribution in [1.29, 1.82) is 0 Å². The van der Waals surface area contributed by atoms with Gasteiger partial charge in [-0.25, -0.2) is 0 Å². The van der Waals surface area contributed by atoms with Gasteiger partial charge < -0.3 is 4.98 Å². The van der Waals surface area contributed by atoms with E-state index < -0.39 is 0 Å². The molecule has 2 heterocycles. The van der Waals surface area contributed by atoms with Crippen LogP contribution in [-0.4, -0.2) is 21.1 Å². The predicted molar refractivity (Wildman–Crippen MR) is 106 cm³/mol. The van der Waals surface area contributed by atoms with E-state index in [1.165, 1.54) is 23.0 Å². The Morgan fingerprint density at radius 1 is 1.00 bits per heavy atom. The van der Waals surface area contributed by atoms with E-state index >= 15 is 0 Å². The van der Waals surface area contributed by atoms with Crippen LogP contribution in [0.15, 0.2) is 65.5 Å². The quantitative estimate of drug-likeness (QED) is 0.559. The maximum absolute atomic E-state index is 12.6. The zero-order valence-electron chi connectivity index (χ0n) is 14.3. The minimum Gasteiger partial charge on any atom is -0.322 e.